The van der Waals surface area contributed by atoms with Crippen molar-refractivity contribution in [2.75, 3.05) is 27.4 Å². The summed E-state index contributed by atoms with van der Waals surface area (Å²) in [6, 6.07) is 13.4. The van der Waals surface area contributed by atoms with Crippen LogP contribution in [-0.2, 0) is 14.3 Å². The van der Waals surface area contributed by atoms with Crippen molar-refractivity contribution in [2.45, 2.75) is 12.5 Å². The van der Waals surface area contributed by atoms with Gasteiger partial charge in [0.25, 0.3) is 11.7 Å². The highest BCUT2D eigenvalue weighted by Gasteiger charge is 2.45. The number of ketones is 1. The van der Waals surface area contributed by atoms with Crippen molar-refractivity contribution < 1.29 is 24.2 Å². The summed E-state index contributed by atoms with van der Waals surface area (Å²) in [5.74, 6) is -0.892. The number of aliphatic hydroxyl groups excluding tert-OH is 1. The van der Waals surface area contributed by atoms with Gasteiger partial charge in [-0.1, -0.05) is 28.1 Å². The molecular weight excluding hydrogens is 438 g/mol. The van der Waals surface area contributed by atoms with Gasteiger partial charge in [0.15, 0.2) is 0 Å². The number of aliphatic hydroxyl groups is 1. The molecule has 1 unspecified atom stereocenters. The van der Waals surface area contributed by atoms with Crippen LogP contribution < -0.4 is 4.74 Å². The van der Waals surface area contributed by atoms with E-state index in [1.165, 1.54) is 4.90 Å². The maximum absolute atomic E-state index is 12.9. The van der Waals surface area contributed by atoms with Crippen molar-refractivity contribution in [1.29, 1.82) is 0 Å². The molecule has 1 saturated heterocycles. The number of Topliss-reactive ketones (excluding diaryl/α,β-unsaturated/α-hetero) is 1. The molecule has 6 nitrogen and oxygen atoms in total. The predicted molar refractivity (Wildman–Crippen MR) is 113 cm³/mol. The van der Waals surface area contributed by atoms with Crippen LogP contribution in [0.4, 0.5) is 0 Å². The largest absolute Gasteiger partial charge is 0.507 e. The van der Waals surface area contributed by atoms with Crippen molar-refractivity contribution in [3.63, 3.8) is 0 Å². The number of carbonyl (C=O) groups is 2. The molecule has 152 valence electrons. The number of amides is 1. The Kier molecular flexibility index (Phi) is 6.71. The van der Waals surface area contributed by atoms with E-state index in [4.69, 9.17) is 9.47 Å². The molecule has 7 heteroatoms. The molecule has 0 aromatic heterocycles. The SMILES string of the molecule is COCCCN1C(=O)C(=O)/C(=C(\O)c2ccc(OC)cc2)C1c1cccc(Br)c1. The Morgan fingerprint density at radius 3 is 2.48 bits per heavy atom. The summed E-state index contributed by atoms with van der Waals surface area (Å²) < 4.78 is 11.1. The van der Waals surface area contributed by atoms with Gasteiger partial charge in [-0.3, -0.25) is 9.59 Å². The van der Waals surface area contributed by atoms with Gasteiger partial charge in [0, 0.05) is 30.3 Å². The fraction of sp³-hybridized carbons (Fsp3) is 0.273. The van der Waals surface area contributed by atoms with E-state index in [0.717, 1.165) is 10.0 Å². The van der Waals surface area contributed by atoms with Gasteiger partial charge in [-0.25, -0.2) is 0 Å². The number of methoxy groups -OCH3 is 2. The van der Waals surface area contributed by atoms with Gasteiger partial charge in [-0.15, -0.1) is 0 Å². The smallest absolute Gasteiger partial charge is 0.295 e. The summed E-state index contributed by atoms with van der Waals surface area (Å²) in [7, 11) is 3.14. The normalized spacial score (nSPS) is 18.3. The fourth-order valence-electron chi connectivity index (χ4n) is 3.42. The molecule has 1 N–H and O–H groups in total. The quantitative estimate of drug-likeness (QED) is 0.294. The van der Waals surface area contributed by atoms with E-state index in [0.29, 0.717) is 30.9 Å². The van der Waals surface area contributed by atoms with Crippen molar-refractivity contribution in [1.82, 2.24) is 4.90 Å². The zero-order chi connectivity index (χ0) is 21.0. The van der Waals surface area contributed by atoms with E-state index in [1.807, 2.05) is 24.3 Å². The molecule has 0 aliphatic carbocycles. The number of carbonyl (C=O) groups excluding carboxylic acids is 2. The van der Waals surface area contributed by atoms with Crippen LogP contribution in [0.15, 0.2) is 58.6 Å². The Morgan fingerprint density at radius 2 is 1.86 bits per heavy atom. The highest BCUT2D eigenvalue weighted by Crippen LogP contribution is 2.40. The van der Waals surface area contributed by atoms with Crippen LogP contribution in [0.2, 0.25) is 0 Å². The van der Waals surface area contributed by atoms with Crippen LogP contribution in [0.3, 0.4) is 0 Å². The number of ether oxygens (including phenoxy) is 2. The fourth-order valence-corrected chi connectivity index (χ4v) is 3.83. The molecule has 0 radical (unpaired) electrons. The maximum atomic E-state index is 12.9. The Balaban J connectivity index is 2.10. The number of rotatable bonds is 7. The zero-order valence-corrected chi connectivity index (χ0v) is 17.8. The molecule has 2 aromatic rings. The second kappa shape index (κ2) is 9.24. The molecule has 29 heavy (non-hydrogen) atoms. The van der Waals surface area contributed by atoms with Crippen molar-refractivity contribution in [2.24, 2.45) is 0 Å². The van der Waals surface area contributed by atoms with Gasteiger partial charge < -0.3 is 19.5 Å². The Hall–Kier alpha value is -2.64. The first-order valence-electron chi connectivity index (χ1n) is 9.15. The summed E-state index contributed by atoms with van der Waals surface area (Å²) >= 11 is 3.44. The summed E-state index contributed by atoms with van der Waals surface area (Å²) in [6.45, 7) is 0.807. The summed E-state index contributed by atoms with van der Waals surface area (Å²) in [5, 5.41) is 11.0. The average Bonchev–Trinajstić information content (AvgIpc) is 2.98. The van der Waals surface area contributed by atoms with E-state index < -0.39 is 17.7 Å². The van der Waals surface area contributed by atoms with E-state index in [2.05, 4.69) is 15.9 Å². The van der Waals surface area contributed by atoms with Crippen LogP contribution in [0.25, 0.3) is 5.76 Å². The van der Waals surface area contributed by atoms with Crippen LogP contribution in [0.1, 0.15) is 23.6 Å². The van der Waals surface area contributed by atoms with Crippen molar-refractivity contribution in [3.05, 3.63) is 69.7 Å². The first-order chi connectivity index (χ1) is 14.0. The monoisotopic (exact) mass is 459 g/mol. The highest BCUT2D eigenvalue weighted by molar-refractivity contribution is 9.10. The second-order valence-electron chi connectivity index (χ2n) is 6.62. The van der Waals surface area contributed by atoms with Crippen LogP contribution in [0.5, 0.6) is 5.75 Å². The van der Waals surface area contributed by atoms with E-state index in [-0.39, 0.29) is 11.3 Å². The average molecular weight is 460 g/mol. The Morgan fingerprint density at radius 1 is 1.14 bits per heavy atom. The molecule has 1 heterocycles. The van der Waals surface area contributed by atoms with Gasteiger partial charge in [-0.05, 0) is 48.4 Å². The molecule has 1 aliphatic heterocycles. The number of halogens is 1. The molecule has 1 amide bonds. The minimum absolute atomic E-state index is 0.0793. The minimum Gasteiger partial charge on any atom is -0.507 e. The lowest BCUT2D eigenvalue weighted by atomic mass is 9.95. The number of hydrogen-bond donors (Lipinski definition) is 1. The van der Waals surface area contributed by atoms with Crippen molar-refractivity contribution in [3.8, 4) is 5.75 Å². The lowest BCUT2D eigenvalue weighted by Crippen LogP contribution is -2.31. The van der Waals surface area contributed by atoms with Crippen LogP contribution in [0, 0.1) is 0 Å². The van der Waals surface area contributed by atoms with E-state index in [9.17, 15) is 14.7 Å². The second-order valence-corrected chi connectivity index (χ2v) is 7.54. The molecule has 0 saturated carbocycles. The third-order valence-corrected chi connectivity index (χ3v) is 5.31. The number of nitrogens with zero attached hydrogens (tertiary/aromatic N) is 1. The van der Waals surface area contributed by atoms with Gasteiger partial charge >= 0.3 is 0 Å². The third kappa shape index (κ3) is 4.36. The molecule has 2 aromatic carbocycles. The summed E-state index contributed by atoms with van der Waals surface area (Å²) in [4.78, 5) is 27.1. The number of benzene rings is 2. The predicted octanol–water partition coefficient (Wildman–Crippen LogP) is 3.92. The number of likely N-dealkylation sites (tertiary alicyclic amines) is 1. The lowest BCUT2D eigenvalue weighted by molar-refractivity contribution is -0.140. The molecule has 0 spiro atoms. The Labute approximate surface area is 177 Å². The van der Waals surface area contributed by atoms with Crippen molar-refractivity contribution >= 4 is 33.4 Å². The molecular formula is C22H22BrNO5. The van der Waals surface area contributed by atoms with Crippen LogP contribution in [-0.4, -0.2) is 49.1 Å². The first-order valence-corrected chi connectivity index (χ1v) is 9.94. The van der Waals surface area contributed by atoms with Gasteiger partial charge in [0.05, 0.1) is 18.7 Å². The topological polar surface area (TPSA) is 76.1 Å². The van der Waals surface area contributed by atoms with E-state index in [1.54, 1.807) is 38.5 Å². The third-order valence-electron chi connectivity index (χ3n) is 4.82. The molecule has 1 atom stereocenters. The summed E-state index contributed by atoms with van der Waals surface area (Å²) in [5.41, 5.74) is 1.27. The number of hydrogen-bond acceptors (Lipinski definition) is 5. The molecule has 3 rings (SSSR count). The van der Waals surface area contributed by atoms with Gasteiger partial charge in [0.2, 0.25) is 0 Å². The molecule has 1 aliphatic rings. The lowest BCUT2D eigenvalue weighted by Gasteiger charge is -2.25. The van der Waals surface area contributed by atoms with Gasteiger partial charge in [-0.2, -0.15) is 0 Å². The first kappa shape index (κ1) is 21.1. The molecule has 0 bridgehead atoms. The van der Waals surface area contributed by atoms with Crippen LogP contribution >= 0.6 is 15.9 Å². The summed E-state index contributed by atoms with van der Waals surface area (Å²) in [6.07, 6.45) is 0.580. The maximum Gasteiger partial charge on any atom is 0.295 e. The van der Waals surface area contributed by atoms with E-state index >= 15 is 0 Å². The highest BCUT2D eigenvalue weighted by atomic mass is 79.9. The van der Waals surface area contributed by atoms with Gasteiger partial charge in [0.1, 0.15) is 11.5 Å². The standard InChI is InChI=1S/C22H22BrNO5/c1-28-12-4-11-24-19(15-5-3-6-16(23)13-15)18(21(26)22(24)27)20(25)14-7-9-17(29-2)10-8-14/h3,5-10,13,19,25H,4,11-12H2,1-2H3/b20-18-. The Bertz CT molecular complexity index is 938. The minimum atomic E-state index is -0.694. The molecule has 1 fully saturated rings. The zero-order valence-electron chi connectivity index (χ0n) is 16.2.